The van der Waals surface area contributed by atoms with Gasteiger partial charge in [-0.1, -0.05) is 72.3 Å². The van der Waals surface area contributed by atoms with Crippen LogP contribution in [-0.2, 0) is 4.74 Å². The van der Waals surface area contributed by atoms with Crippen molar-refractivity contribution in [2.45, 2.75) is 12.8 Å². The van der Waals surface area contributed by atoms with Crippen LogP contribution < -0.4 is 11.1 Å². The molecule has 0 saturated heterocycles. The summed E-state index contributed by atoms with van der Waals surface area (Å²) in [5.41, 5.74) is 13.6. The van der Waals surface area contributed by atoms with Crippen LogP contribution in [0.1, 0.15) is 28.2 Å². The molecule has 0 unspecified atom stereocenters. The molecule has 146 valence electrons. The van der Waals surface area contributed by atoms with E-state index in [0.29, 0.717) is 18.8 Å². The summed E-state index contributed by atoms with van der Waals surface area (Å²) in [5.74, 6) is 0.0655. The molecule has 4 nitrogen and oxygen atoms in total. The van der Waals surface area contributed by atoms with E-state index in [-0.39, 0.29) is 5.92 Å². The highest BCUT2D eigenvalue weighted by molar-refractivity contribution is 5.79. The number of carbonyl (C=O) groups excluding carboxylic acids is 1. The van der Waals surface area contributed by atoms with Crippen LogP contribution >= 0.6 is 0 Å². The summed E-state index contributed by atoms with van der Waals surface area (Å²) in [7, 11) is 0. The molecule has 0 aromatic heterocycles. The summed E-state index contributed by atoms with van der Waals surface area (Å²) in [6, 6.07) is 22.5. The third kappa shape index (κ3) is 4.02. The molecule has 0 saturated carbocycles. The van der Waals surface area contributed by atoms with Gasteiger partial charge < -0.3 is 15.8 Å². The van der Waals surface area contributed by atoms with Crippen molar-refractivity contribution in [1.82, 2.24) is 5.32 Å². The quantitative estimate of drug-likeness (QED) is 0.600. The molecule has 3 aromatic carbocycles. The number of hydrogen-bond acceptors (Lipinski definition) is 3. The van der Waals surface area contributed by atoms with Crippen LogP contribution in [0, 0.1) is 6.92 Å². The first-order chi connectivity index (χ1) is 14.1. The average molecular weight is 384 g/mol. The predicted molar refractivity (Wildman–Crippen MR) is 118 cm³/mol. The van der Waals surface area contributed by atoms with Crippen molar-refractivity contribution >= 4 is 17.9 Å². The molecule has 0 radical (unpaired) electrons. The minimum absolute atomic E-state index is 0.0655. The minimum atomic E-state index is -0.422. The number of fused-ring (bicyclic) bond motifs is 3. The SMILES string of the molecule is Cc1ccc(N)c(C=CCNC(=O)OCC2c3ccccc3-c3ccccc32)c1. The molecule has 1 amide bonds. The third-order valence-electron chi connectivity index (χ3n) is 5.25. The zero-order valence-corrected chi connectivity index (χ0v) is 16.4. The standard InChI is InChI=1S/C25H24N2O2/c1-17-12-13-24(26)18(15-17)7-6-14-27-25(28)29-16-23-21-10-4-2-8-19(21)20-9-3-5-11-22(20)23/h2-13,15,23H,14,16,26H2,1H3,(H,27,28). The molecule has 1 aliphatic carbocycles. The monoisotopic (exact) mass is 384 g/mol. The number of alkyl carbamates (subject to hydrolysis) is 1. The molecule has 29 heavy (non-hydrogen) atoms. The largest absolute Gasteiger partial charge is 0.449 e. The van der Waals surface area contributed by atoms with Gasteiger partial charge in [-0.2, -0.15) is 0 Å². The molecule has 0 heterocycles. The first-order valence-corrected chi connectivity index (χ1v) is 9.75. The topological polar surface area (TPSA) is 64.3 Å². The van der Waals surface area contributed by atoms with Gasteiger partial charge in [0.05, 0.1) is 0 Å². The smallest absolute Gasteiger partial charge is 0.407 e. The van der Waals surface area contributed by atoms with Gasteiger partial charge in [-0.3, -0.25) is 0 Å². The van der Waals surface area contributed by atoms with E-state index in [0.717, 1.165) is 11.1 Å². The van der Waals surface area contributed by atoms with Crippen molar-refractivity contribution < 1.29 is 9.53 Å². The van der Waals surface area contributed by atoms with Crippen LogP contribution in [0.25, 0.3) is 17.2 Å². The Hall–Kier alpha value is -3.53. The fourth-order valence-corrected chi connectivity index (χ4v) is 3.82. The number of amides is 1. The van der Waals surface area contributed by atoms with E-state index < -0.39 is 6.09 Å². The number of nitrogens with one attached hydrogen (secondary N) is 1. The lowest BCUT2D eigenvalue weighted by Crippen LogP contribution is -2.26. The maximum absolute atomic E-state index is 12.2. The molecule has 0 fully saturated rings. The van der Waals surface area contributed by atoms with Gasteiger partial charge in [0.1, 0.15) is 6.61 Å². The average Bonchev–Trinajstić information content (AvgIpc) is 3.06. The van der Waals surface area contributed by atoms with Crippen molar-refractivity contribution in [2.24, 2.45) is 0 Å². The molecule has 4 heteroatoms. The Labute approximate surface area is 171 Å². The van der Waals surface area contributed by atoms with Gasteiger partial charge in [0.15, 0.2) is 0 Å². The normalized spacial score (nSPS) is 12.6. The number of rotatable bonds is 5. The highest BCUT2D eigenvalue weighted by Crippen LogP contribution is 2.44. The molecule has 4 rings (SSSR count). The van der Waals surface area contributed by atoms with E-state index in [1.54, 1.807) is 0 Å². The number of nitrogen functional groups attached to an aromatic ring is 1. The van der Waals surface area contributed by atoms with Crippen LogP contribution in [0.3, 0.4) is 0 Å². The second kappa shape index (κ2) is 8.23. The molecular formula is C25H24N2O2. The maximum Gasteiger partial charge on any atom is 0.407 e. The molecular weight excluding hydrogens is 360 g/mol. The number of ether oxygens (including phenoxy) is 1. The Morgan fingerprint density at radius 2 is 1.69 bits per heavy atom. The number of benzene rings is 3. The number of hydrogen-bond donors (Lipinski definition) is 2. The van der Waals surface area contributed by atoms with Crippen LogP contribution in [0.15, 0.2) is 72.8 Å². The summed E-state index contributed by atoms with van der Waals surface area (Å²) in [6.07, 6.45) is 3.35. The highest BCUT2D eigenvalue weighted by Gasteiger charge is 2.28. The number of carbonyl (C=O) groups is 1. The lowest BCUT2D eigenvalue weighted by Gasteiger charge is -2.14. The van der Waals surface area contributed by atoms with Crippen LogP contribution in [0.2, 0.25) is 0 Å². The number of aryl methyl sites for hydroxylation is 1. The van der Waals surface area contributed by atoms with Crippen molar-refractivity contribution in [3.05, 3.63) is 95.1 Å². The van der Waals surface area contributed by atoms with Crippen LogP contribution in [-0.4, -0.2) is 19.2 Å². The zero-order chi connectivity index (χ0) is 20.2. The Bertz CT molecular complexity index is 1030. The zero-order valence-electron chi connectivity index (χ0n) is 16.4. The number of nitrogens with two attached hydrogens (primary N) is 1. The molecule has 0 spiro atoms. The van der Waals surface area contributed by atoms with E-state index in [1.807, 2.05) is 61.5 Å². The molecule has 1 aliphatic rings. The summed E-state index contributed by atoms with van der Waals surface area (Å²) in [6.45, 7) is 2.71. The van der Waals surface area contributed by atoms with E-state index in [1.165, 1.54) is 22.3 Å². The molecule has 3 aromatic rings. The van der Waals surface area contributed by atoms with E-state index in [2.05, 4.69) is 29.6 Å². The Kier molecular flexibility index (Phi) is 5.34. The second-order valence-corrected chi connectivity index (χ2v) is 7.24. The molecule has 0 bridgehead atoms. The first kappa shape index (κ1) is 18.8. The van der Waals surface area contributed by atoms with Crippen molar-refractivity contribution in [3.8, 4) is 11.1 Å². The summed E-state index contributed by atoms with van der Waals surface area (Å²) < 4.78 is 5.53. The summed E-state index contributed by atoms with van der Waals surface area (Å²) in [5, 5.41) is 2.77. The van der Waals surface area contributed by atoms with Crippen molar-refractivity contribution in [3.63, 3.8) is 0 Å². The lowest BCUT2D eigenvalue weighted by atomic mass is 9.98. The van der Waals surface area contributed by atoms with E-state index in [9.17, 15) is 4.79 Å². The second-order valence-electron chi connectivity index (χ2n) is 7.24. The van der Waals surface area contributed by atoms with Crippen molar-refractivity contribution in [2.75, 3.05) is 18.9 Å². The first-order valence-electron chi connectivity index (χ1n) is 9.75. The third-order valence-corrected chi connectivity index (χ3v) is 5.25. The minimum Gasteiger partial charge on any atom is -0.449 e. The molecule has 3 N–H and O–H groups in total. The Morgan fingerprint density at radius 3 is 2.38 bits per heavy atom. The van der Waals surface area contributed by atoms with Gasteiger partial charge in [0.25, 0.3) is 0 Å². The van der Waals surface area contributed by atoms with Gasteiger partial charge in [-0.05, 0) is 46.9 Å². The molecule has 0 atom stereocenters. The fraction of sp³-hybridized carbons (Fsp3) is 0.160. The lowest BCUT2D eigenvalue weighted by molar-refractivity contribution is 0.144. The van der Waals surface area contributed by atoms with Gasteiger partial charge in [-0.25, -0.2) is 4.79 Å². The van der Waals surface area contributed by atoms with Crippen LogP contribution in [0.5, 0.6) is 0 Å². The Balaban J connectivity index is 1.34. The Morgan fingerprint density at radius 1 is 1.03 bits per heavy atom. The number of anilines is 1. The summed E-state index contributed by atoms with van der Waals surface area (Å²) in [4.78, 5) is 12.2. The van der Waals surface area contributed by atoms with Gasteiger partial charge in [0, 0.05) is 18.2 Å². The van der Waals surface area contributed by atoms with E-state index >= 15 is 0 Å². The van der Waals surface area contributed by atoms with Crippen molar-refractivity contribution in [1.29, 1.82) is 0 Å². The van der Waals surface area contributed by atoms with Gasteiger partial charge >= 0.3 is 6.09 Å². The molecule has 0 aliphatic heterocycles. The highest BCUT2D eigenvalue weighted by atomic mass is 16.5. The predicted octanol–water partition coefficient (Wildman–Crippen LogP) is 5.13. The van der Waals surface area contributed by atoms with E-state index in [4.69, 9.17) is 10.5 Å². The van der Waals surface area contributed by atoms with Crippen LogP contribution in [0.4, 0.5) is 10.5 Å². The fourth-order valence-electron chi connectivity index (χ4n) is 3.82. The van der Waals surface area contributed by atoms with Gasteiger partial charge in [-0.15, -0.1) is 0 Å². The summed E-state index contributed by atoms with van der Waals surface area (Å²) >= 11 is 0. The maximum atomic E-state index is 12.2. The van der Waals surface area contributed by atoms with Gasteiger partial charge in [0.2, 0.25) is 0 Å².